The van der Waals surface area contributed by atoms with Crippen molar-refractivity contribution < 1.29 is 0 Å². The number of hydrogen-bond donors (Lipinski definition) is 0. The number of hydrogen-bond acceptors (Lipinski definition) is 3. The molecule has 1 unspecified atom stereocenters. The molecule has 0 radical (unpaired) electrons. The minimum atomic E-state index is -0.436. The molecule has 150 valence electrons. The molecule has 0 N–H and O–H groups in total. The zero-order valence-corrected chi connectivity index (χ0v) is 18.0. The van der Waals surface area contributed by atoms with Gasteiger partial charge in [0.25, 0.3) is 0 Å². The van der Waals surface area contributed by atoms with Gasteiger partial charge in [0.2, 0.25) is 0 Å². The van der Waals surface area contributed by atoms with Crippen molar-refractivity contribution in [3.8, 4) is 6.07 Å². The summed E-state index contributed by atoms with van der Waals surface area (Å²) in [6, 6.07) is 23.6. The normalized spacial score (nSPS) is 14.2. The lowest BCUT2D eigenvalue weighted by atomic mass is 9.69. The van der Waals surface area contributed by atoms with Crippen molar-refractivity contribution in [1.29, 1.82) is 5.26 Å². The summed E-state index contributed by atoms with van der Waals surface area (Å²) in [7, 11) is 1.74. The number of rotatable bonds is 10. The second kappa shape index (κ2) is 12.3. The van der Waals surface area contributed by atoms with E-state index in [9.17, 15) is 5.26 Å². The molecule has 2 aromatic carbocycles. The summed E-state index contributed by atoms with van der Waals surface area (Å²) in [5.41, 5.74) is 2.03. The van der Waals surface area contributed by atoms with Crippen LogP contribution in [-0.4, -0.2) is 13.1 Å². The Hall–Kier alpha value is -2.18. The van der Waals surface area contributed by atoms with E-state index in [-0.39, 0.29) is 24.4 Å². The Morgan fingerprint density at radius 2 is 1.57 bits per heavy atom. The van der Waals surface area contributed by atoms with Crippen LogP contribution in [0.5, 0.6) is 0 Å². The average Bonchev–Trinajstić information content (AvgIpc) is 2.70. The van der Waals surface area contributed by atoms with Crippen LogP contribution in [0.2, 0.25) is 0 Å². The fourth-order valence-corrected chi connectivity index (χ4v) is 3.77. The average molecular weight is 398 g/mol. The van der Waals surface area contributed by atoms with Crippen molar-refractivity contribution in [3.05, 3.63) is 71.8 Å². The molecular weight excluding hydrogens is 366 g/mol. The quantitative estimate of drug-likeness (QED) is 0.407. The summed E-state index contributed by atoms with van der Waals surface area (Å²) in [5.74, 6) is 0.264. The van der Waals surface area contributed by atoms with E-state index in [0.717, 1.165) is 37.7 Å². The van der Waals surface area contributed by atoms with Gasteiger partial charge in [0, 0.05) is 7.05 Å². The molecule has 0 saturated carbocycles. The van der Waals surface area contributed by atoms with Gasteiger partial charge in [0.1, 0.15) is 0 Å². The first kappa shape index (κ1) is 23.9. The number of nitrogens with zero attached hydrogens (tertiary/aromatic N) is 3. The van der Waals surface area contributed by atoms with Crippen molar-refractivity contribution >= 4 is 12.4 Å². The van der Waals surface area contributed by atoms with Crippen LogP contribution in [0.15, 0.2) is 70.9 Å². The number of azo groups is 1. The Morgan fingerprint density at radius 1 is 0.964 bits per heavy atom. The van der Waals surface area contributed by atoms with E-state index in [2.05, 4.69) is 66.5 Å². The van der Waals surface area contributed by atoms with Crippen molar-refractivity contribution in [2.24, 2.45) is 16.1 Å². The van der Waals surface area contributed by atoms with Crippen LogP contribution >= 0.6 is 12.4 Å². The van der Waals surface area contributed by atoms with Gasteiger partial charge in [-0.25, -0.2) is 0 Å². The molecule has 0 aromatic heterocycles. The molecule has 0 aliphatic rings. The molecule has 2 aromatic rings. The van der Waals surface area contributed by atoms with Gasteiger partial charge in [-0.05, 0) is 49.1 Å². The molecular formula is C24H32ClN3. The predicted molar refractivity (Wildman–Crippen MR) is 119 cm³/mol. The highest BCUT2D eigenvalue weighted by molar-refractivity contribution is 5.85. The molecule has 4 heteroatoms. The molecule has 0 saturated heterocycles. The standard InChI is InChI=1S/C24H31N3.ClH/c1-20(2)24(19-25,22-13-8-5-9-14-22)18-10-15-23(27-26-3)17-16-21-11-6-4-7-12-21;/h4-9,11-14,20,23H,10,15-18H2,1-3H3;1H/t23-,24?;/m0./s1. The van der Waals surface area contributed by atoms with Crippen LogP contribution in [0.3, 0.4) is 0 Å². The minimum Gasteiger partial charge on any atom is -0.197 e. The summed E-state index contributed by atoms with van der Waals surface area (Å²) in [4.78, 5) is 0. The largest absolute Gasteiger partial charge is 0.197 e. The van der Waals surface area contributed by atoms with Crippen molar-refractivity contribution in [3.63, 3.8) is 0 Å². The number of nitriles is 1. The lowest BCUT2D eigenvalue weighted by Gasteiger charge is -2.31. The van der Waals surface area contributed by atoms with Crippen molar-refractivity contribution in [1.82, 2.24) is 0 Å². The fourth-order valence-electron chi connectivity index (χ4n) is 3.77. The second-order valence-electron chi connectivity index (χ2n) is 7.49. The van der Waals surface area contributed by atoms with Gasteiger partial charge in [0.05, 0.1) is 17.5 Å². The van der Waals surface area contributed by atoms with E-state index in [1.54, 1.807) is 7.05 Å². The first-order chi connectivity index (χ1) is 13.1. The van der Waals surface area contributed by atoms with Crippen molar-refractivity contribution in [2.75, 3.05) is 7.05 Å². The molecule has 0 bridgehead atoms. The first-order valence-electron chi connectivity index (χ1n) is 9.92. The first-order valence-corrected chi connectivity index (χ1v) is 9.92. The Bertz CT molecular complexity index is 737. The predicted octanol–water partition coefficient (Wildman–Crippen LogP) is 6.78. The fraction of sp³-hybridized carbons (Fsp3) is 0.458. The van der Waals surface area contributed by atoms with Gasteiger partial charge in [-0.3, -0.25) is 0 Å². The smallest absolute Gasteiger partial charge is 0.0845 e. The Kier molecular flexibility index (Phi) is 10.5. The minimum absolute atomic E-state index is 0. The summed E-state index contributed by atoms with van der Waals surface area (Å²) >= 11 is 0. The number of halogens is 1. The van der Waals surface area contributed by atoms with Crippen LogP contribution in [-0.2, 0) is 11.8 Å². The number of aryl methyl sites for hydroxylation is 1. The Balaban J connectivity index is 0.00000392. The molecule has 2 rings (SSSR count). The van der Waals surface area contributed by atoms with E-state index in [0.29, 0.717) is 0 Å². The van der Waals surface area contributed by atoms with Gasteiger partial charge < -0.3 is 0 Å². The van der Waals surface area contributed by atoms with Gasteiger partial charge in [-0.2, -0.15) is 15.5 Å². The van der Waals surface area contributed by atoms with Crippen LogP contribution in [0.25, 0.3) is 0 Å². The summed E-state index contributed by atoms with van der Waals surface area (Å²) in [6.07, 6.45) is 4.79. The molecule has 0 aliphatic heterocycles. The van der Waals surface area contributed by atoms with E-state index >= 15 is 0 Å². The van der Waals surface area contributed by atoms with Gasteiger partial charge in [-0.15, -0.1) is 12.4 Å². The summed E-state index contributed by atoms with van der Waals surface area (Å²) in [5, 5.41) is 18.5. The molecule has 0 aliphatic carbocycles. The zero-order valence-electron chi connectivity index (χ0n) is 17.2. The van der Waals surface area contributed by atoms with Gasteiger partial charge in [0.15, 0.2) is 0 Å². The van der Waals surface area contributed by atoms with Gasteiger partial charge >= 0.3 is 0 Å². The van der Waals surface area contributed by atoms with Crippen LogP contribution in [0.1, 0.15) is 50.7 Å². The Labute approximate surface area is 176 Å². The SMILES string of the molecule is CN=N[C@@H](CCCC(C#N)(c1ccccc1)C(C)C)CCc1ccccc1.Cl. The van der Waals surface area contributed by atoms with Crippen molar-refractivity contribution in [2.45, 2.75) is 57.4 Å². The van der Waals surface area contributed by atoms with E-state index < -0.39 is 5.41 Å². The van der Waals surface area contributed by atoms with E-state index in [1.807, 2.05) is 24.3 Å². The third-order valence-corrected chi connectivity index (χ3v) is 5.47. The highest BCUT2D eigenvalue weighted by Gasteiger charge is 2.35. The summed E-state index contributed by atoms with van der Waals surface area (Å²) in [6.45, 7) is 4.30. The molecule has 0 amide bonds. The molecule has 28 heavy (non-hydrogen) atoms. The zero-order chi connectivity index (χ0) is 19.5. The van der Waals surface area contributed by atoms with Gasteiger partial charge in [-0.1, -0.05) is 74.5 Å². The van der Waals surface area contributed by atoms with Crippen LogP contribution in [0.4, 0.5) is 0 Å². The highest BCUT2D eigenvalue weighted by Crippen LogP contribution is 2.37. The third kappa shape index (κ3) is 6.46. The summed E-state index contributed by atoms with van der Waals surface area (Å²) < 4.78 is 0. The second-order valence-corrected chi connectivity index (χ2v) is 7.49. The lowest BCUT2D eigenvalue weighted by molar-refractivity contribution is 0.347. The lowest BCUT2D eigenvalue weighted by Crippen LogP contribution is -2.31. The van der Waals surface area contributed by atoms with E-state index in [1.165, 1.54) is 5.56 Å². The highest BCUT2D eigenvalue weighted by atomic mass is 35.5. The van der Waals surface area contributed by atoms with E-state index in [4.69, 9.17) is 0 Å². The molecule has 0 fully saturated rings. The molecule has 2 atom stereocenters. The topological polar surface area (TPSA) is 48.5 Å². The molecule has 3 nitrogen and oxygen atoms in total. The monoisotopic (exact) mass is 397 g/mol. The third-order valence-electron chi connectivity index (χ3n) is 5.47. The van der Waals surface area contributed by atoms with Crippen LogP contribution in [0, 0.1) is 17.2 Å². The Morgan fingerprint density at radius 3 is 2.11 bits per heavy atom. The molecule has 0 spiro atoms. The molecule has 0 heterocycles. The van der Waals surface area contributed by atoms with Crippen LogP contribution < -0.4 is 0 Å². The number of benzene rings is 2. The maximum Gasteiger partial charge on any atom is 0.0845 e. The maximum absolute atomic E-state index is 10.0. The maximum atomic E-state index is 10.0.